The standard InChI is InChI=1S/C16H28BrNO/c1-12(2)10-16(7-4-5-8-16)15(19)18-9-6-14(17)13(3)11-18/h12-14H,4-11H2,1-3H3. The van der Waals surface area contributed by atoms with Crippen molar-refractivity contribution in [2.45, 2.75) is 64.1 Å². The Labute approximate surface area is 126 Å². The molecule has 2 atom stereocenters. The molecule has 2 fully saturated rings. The van der Waals surface area contributed by atoms with E-state index >= 15 is 0 Å². The van der Waals surface area contributed by atoms with Crippen LogP contribution in [0.15, 0.2) is 0 Å². The Bertz CT molecular complexity index is 323. The van der Waals surface area contributed by atoms with Crippen LogP contribution >= 0.6 is 15.9 Å². The third-order valence-corrected chi connectivity index (χ3v) is 6.26. The van der Waals surface area contributed by atoms with E-state index in [4.69, 9.17) is 0 Å². The number of hydrogen-bond acceptors (Lipinski definition) is 1. The first-order valence-electron chi connectivity index (χ1n) is 7.88. The lowest BCUT2D eigenvalue weighted by Crippen LogP contribution is -2.49. The topological polar surface area (TPSA) is 20.3 Å². The van der Waals surface area contributed by atoms with E-state index in [0.29, 0.717) is 22.6 Å². The van der Waals surface area contributed by atoms with Crippen LogP contribution in [0.25, 0.3) is 0 Å². The van der Waals surface area contributed by atoms with Gasteiger partial charge in [-0.3, -0.25) is 4.79 Å². The number of likely N-dealkylation sites (tertiary alicyclic amines) is 1. The van der Waals surface area contributed by atoms with Crippen molar-refractivity contribution in [1.29, 1.82) is 0 Å². The monoisotopic (exact) mass is 329 g/mol. The largest absolute Gasteiger partial charge is 0.342 e. The van der Waals surface area contributed by atoms with E-state index in [1.165, 1.54) is 12.8 Å². The zero-order valence-corrected chi connectivity index (χ0v) is 14.2. The van der Waals surface area contributed by atoms with Gasteiger partial charge in [0.25, 0.3) is 0 Å². The fourth-order valence-corrected chi connectivity index (χ4v) is 4.35. The maximum Gasteiger partial charge on any atom is 0.228 e. The number of piperidine rings is 1. The molecule has 19 heavy (non-hydrogen) atoms. The molecule has 1 aliphatic heterocycles. The van der Waals surface area contributed by atoms with E-state index in [9.17, 15) is 4.79 Å². The lowest BCUT2D eigenvalue weighted by Gasteiger charge is -2.40. The Morgan fingerprint density at radius 3 is 2.53 bits per heavy atom. The fourth-order valence-electron chi connectivity index (χ4n) is 3.98. The number of carbonyl (C=O) groups is 1. The van der Waals surface area contributed by atoms with Crippen molar-refractivity contribution in [3.63, 3.8) is 0 Å². The SMILES string of the molecule is CC(C)CC1(C(=O)N2CCC(Br)C(C)C2)CCCC1. The van der Waals surface area contributed by atoms with E-state index in [-0.39, 0.29) is 5.41 Å². The number of carbonyl (C=O) groups excluding carboxylic acids is 1. The van der Waals surface area contributed by atoms with Gasteiger partial charge in [0.05, 0.1) is 0 Å². The number of alkyl halides is 1. The predicted octanol–water partition coefficient (Wildman–Crippen LogP) is 4.22. The molecule has 1 saturated carbocycles. The quantitative estimate of drug-likeness (QED) is 0.709. The molecule has 0 aromatic carbocycles. The van der Waals surface area contributed by atoms with Crippen LogP contribution in [0.1, 0.15) is 59.3 Å². The van der Waals surface area contributed by atoms with Crippen LogP contribution < -0.4 is 0 Å². The van der Waals surface area contributed by atoms with Crippen molar-refractivity contribution in [1.82, 2.24) is 4.90 Å². The number of amides is 1. The van der Waals surface area contributed by atoms with Crippen molar-refractivity contribution in [2.24, 2.45) is 17.3 Å². The van der Waals surface area contributed by atoms with Gasteiger partial charge in [-0.15, -0.1) is 0 Å². The second-order valence-corrected chi connectivity index (χ2v) is 8.29. The van der Waals surface area contributed by atoms with Crippen molar-refractivity contribution < 1.29 is 4.79 Å². The maximum atomic E-state index is 13.0. The van der Waals surface area contributed by atoms with Crippen LogP contribution in [0.2, 0.25) is 0 Å². The minimum Gasteiger partial charge on any atom is -0.342 e. The van der Waals surface area contributed by atoms with Crippen LogP contribution in [0.5, 0.6) is 0 Å². The summed E-state index contributed by atoms with van der Waals surface area (Å²) in [6.45, 7) is 8.64. The molecule has 0 radical (unpaired) electrons. The molecule has 2 rings (SSSR count). The number of nitrogens with zero attached hydrogens (tertiary/aromatic N) is 1. The van der Waals surface area contributed by atoms with Gasteiger partial charge < -0.3 is 4.90 Å². The molecular weight excluding hydrogens is 302 g/mol. The van der Waals surface area contributed by atoms with E-state index < -0.39 is 0 Å². The third-order valence-electron chi connectivity index (χ3n) is 4.90. The van der Waals surface area contributed by atoms with Crippen LogP contribution in [-0.2, 0) is 4.79 Å². The van der Waals surface area contributed by atoms with Crippen molar-refractivity contribution in [3.8, 4) is 0 Å². The molecule has 3 heteroatoms. The van der Waals surface area contributed by atoms with Crippen LogP contribution in [0.4, 0.5) is 0 Å². The Morgan fingerprint density at radius 1 is 1.37 bits per heavy atom. The minimum absolute atomic E-state index is 0.0208. The number of rotatable bonds is 3. The highest BCUT2D eigenvalue weighted by Crippen LogP contribution is 2.45. The normalized spacial score (nSPS) is 30.9. The summed E-state index contributed by atoms with van der Waals surface area (Å²) in [4.78, 5) is 15.8. The molecule has 110 valence electrons. The molecule has 1 saturated heterocycles. The molecule has 2 aliphatic rings. The van der Waals surface area contributed by atoms with E-state index in [1.807, 2.05) is 0 Å². The molecule has 2 nitrogen and oxygen atoms in total. The average Bonchev–Trinajstić information content (AvgIpc) is 2.80. The number of hydrogen-bond donors (Lipinski definition) is 0. The summed E-state index contributed by atoms with van der Waals surface area (Å²) < 4.78 is 0. The predicted molar refractivity (Wildman–Crippen MR) is 83.4 cm³/mol. The van der Waals surface area contributed by atoms with Crippen molar-refractivity contribution >= 4 is 21.8 Å². The molecule has 1 heterocycles. The average molecular weight is 330 g/mol. The summed E-state index contributed by atoms with van der Waals surface area (Å²) in [6.07, 6.45) is 6.89. The van der Waals surface area contributed by atoms with Crippen LogP contribution in [0, 0.1) is 17.3 Å². The minimum atomic E-state index is -0.0208. The maximum absolute atomic E-state index is 13.0. The first kappa shape index (κ1) is 15.3. The van der Waals surface area contributed by atoms with Gasteiger partial charge >= 0.3 is 0 Å². The Hall–Kier alpha value is -0.0500. The van der Waals surface area contributed by atoms with Gasteiger partial charge in [0.15, 0.2) is 0 Å². The van der Waals surface area contributed by atoms with Crippen molar-refractivity contribution in [2.75, 3.05) is 13.1 Å². The van der Waals surface area contributed by atoms with Gasteiger partial charge in [-0.05, 0) is 37.5 Å². The summed E-state index contributed by atoms with van der Waals surface area (Å²) in [5.41, 5.74) is -0.0208. The Balaban J connectivity index is 2.07. The van der Waals surface area contributed by atoms with Crippen LogP contribution in [0.3, 0.4) is 0 Å². The van der Waals surface area contributed by atoms with Gasteiger partial charge in [0.1, 0.15) is 0 Å². The molecule has 2 unspecified atom stereocenters. The first-order valence-corrected chi connectivity index (χ1v) is 8.79. The Kier molecular flexibility index (Phi) is 4.97. The molecule has 1 aliphatic carbocycles. The third kappa shape index (κ3) is 3.34. The lowest BCUT2D eigenvalue weighted by atomic mass is 9.77. The Morgan fingerprint density at radius 2 is 2.00 bits per heavy atom. The summed E-state index contributed by atoms with van der Waals surface area (Å²) in [5.74, 6) is 1.66. The molecule has 0 spiro atoms. The van der Waals surface area contributed by atoms with E-state index in [1.54, 1.807) is 0 Å². The van der Waals surface area contributed by atoms with Gasteiger partial charge in [-0.1, -0.05) is 49.5 Å². The van der Waals surface area contributed by atoms with Crippen LogP contribution in [-0.4, -0.2) is 28.7 Å². The molecule has 0 aromatic heterocycles. The summed E-state index contributed by atoms with van der Waals surface area (Å²) in [5, 5.41) is 0. The highest BCUT2D eigenvalue weighted by Gasteiger charge is 2.44. The summed E-state index contributed by atoms with van der Waals surface area (Å²) >= 11 is 3.73. The molecular formula is C16H28BrNO. The zero-order valence-electron chi connectivity index (χ0n) is 12.6. The summed E-state index contributed by atoms with van der Waals surface area (Å²) in [7, 11) is 0. The van der Waals surface area contributed by atoms with Crippen molar-refractivity contribution in [3.05, 3.63) is 0 Å². The highest BCUT2D eigenvalue weighted by molar-refractivity contribution is 9.09. The molecule has 1 amide bonds. The van der Waals surface area contributed by atoms with E-state index in [2.05, 4.69) is 41.6 Å². The van der Waals surface area contributed by atoms with Gasteiger partial charge in [-0.25, -0.2) is 0 Å². The lowest BCUT2D eigenvalue weighted by molar-refractivity contribution is -0.144. The van der Waals surface area contributed by atoms with Gasteiger partial charge in [0.2, 0.25) is 5.91 Å². The molecule has 0 N–H and O–H groups in total. The molecule has 0 aromatic rings. The highest BCUT2D eigenvalue weighted by atomic mass is 79.9. The molecule has 0 bridgehead atoms. The van der Waals surface area contributed by atoms with Gasteiger partial charge in [0, 0.05) is 23.3 Å². The van der Waals surface area contributed by atoms with Gasteiger partial charge in [-0.2, -0.15) is 0 Å². The van der Waals surface area contributed by atoms with E-state index in [0.717, 1.165) is 38.8 Å². The second kappa shape index (κ2) is 6.15. The second-order valence-electron chi connectivity index (χ2n) is 7.12. The zero-order chi connectivity index (χ0) is 14.0. The first-order chi connectivity index (χ1) is 8.94. The fraction of sp³-hybridized carbons (Fsp3) is 0.938. The summed E-state index contributed by atoms with van der Waals surface area (Å²) in [6, 6.07) is 0. The smallest absolute Gasteiger partial charge is 0.228 e. The number of halogens is 1.